The van der Waals surface area contributed by atoms with Crippen LogP contribution in [0.15, 0.2) is 12.7 Å². The first-order valence-corrected chi connectivity index (χ1v) is 3.54. The highest BCUT2D eigenvalue weighted by atomic mass is 16.6. The van der Waals surface area contributed by atoms with Gasteiger partial charge in [0.1, 0.15) is 6.61 Å². The van der Waals surface area contributed by atoms with E-state index < -0.39 is 0 Å². The van der Waals surface area contributed by atoms with Crippen LogP contribution in [0.4, 0.5) is 4.79 Å². The van der Waals surface area contributed by atoms with Crippen molar-refractivity contribution in [2.24, 2.45) is 5.73 Å². The van der Waals surface area contributed by atoms with Gasteiger partial charge in [0, 0.05) is 13.1 Å². The summed E-state index contributed by atoms with van der Waals surface area (Å²) in [5.41, 5.74) is 5.41. The molecule has 1 saturated heterocycles. The van der Waals surface area contributed by atoms with E-state index in [0.717, 1.165) is 0 Å². The van der Waals surface area contributed by atoms with Crippen molar-refractivity contribution in [1.29, 1.82) is 0 Å². The van der Waals surface area contributed by atoms with Crippen molar-refractivity contribution in [3.63, 3.8) is 0 Å². The number of amides is 1. The highest BCUT2D eigenvalue weighted by Gasteiger charge is 2.30. The van der Waals surface area contributed by atoms with Crippen LogP contribution >= 0.6 is 0 Å². The number of carbonyl (C=O) groups is 1. The zero-order valence-electron chi connectivity index (χ0n) is 6.32. The third-order valence-corrected chi connectivity index (χ3v) is 1.67. The molecule has 0 aliphatic carbocycles. The van der Waals surface area contributed by atoms with Gasteiger partial charge in [-0.15, -0.1) is 6.58 Å². The number of nitrogens with zero attached hydrogens (tertiary/aromatic N) is 1. The number of hydrogen-bond donors (Lipinski definition) is 1. The van der Waals surface area contributed by atoms with Crippen molar-refractivity contribution in [2.45, 2.75) is 6.04 Å². The van der Waals surface area contributed by atoms with Crippen molar-refractivity contribution in [1.82, 2.24) is 4.90 Å². The van der Waals surface area contributed by atoms with E-state index in [1.54, 1.807) is 11.0 Å². The second-order valence-electron chi connectivity index (χ2n) is 2.41. The molecule has 1 amide bonds. The van der Waals surface area contributed by atoms with Crippen molar-refractivity contribution >= 4 is 6.09 Å². The zero-order valence-corrected chi connectivity index (χ0v) is 6.32. The topological polar surface area (TPSA) is 55.6 Å². The average Bonchev–Trinajstić information content (AvgIpc) is 2.34. The number of carbonyl (C=O) groups excluding carboxylic acids is 1. The molecule has 0 saturated carbocycles. The Hall–Kier alpha value is -1.03. The molecule has 4 nitrogen and oxygen atoms in total. The fraction of sp³-hybridized carbons (Fsp3) is 0.571. The number of rotatable bonds is 3. The monoisotopic (exact) mass is 156 g/mol. The van der Waals surface area contributed by atoms with E-state index in [2.05, 4.69) is 6.58 Å². The Morgan fingerprint density at radius 3 is 3.18 bits per heavy atom. The molecular formula is C7H12N2O2. The summed E-state index contributed by atoms with van der Waals surface area (Å²) in [6.45, 7) is 4.90. The summed E-state index contributed by atoms with van der Waals surface area (Å²) < 4.78 is 4.78. The summed E-state index contributed by atoms with van der Waals surface area (Å²) in [5, 5.41) is 0. The quantitative estimate of drug-likeness (QED) is 0.583. The maximum Gasteiger partial charge on any atom is 0.410 e. The molecule has 2 N–H and O–H groups in total. The first-order chi connectivity index (χ1) is 5.29. The molecule has 1 rings (SSSR count). The van der Waals surface area contributed by atoms with Gasteiger partial charge in [0.25, 0.3) is 0 Å². The number of hydrogen-bond acceptors (Lipinski definition) is 3. The molecule has 0 aromatic carbocycles. The molecule has 1 heterocycles. The lowest BCUT2D eigenvalue weighted by atomic mass is 10.3. The van der Waals surface area contributed by atoms with E-state index in [9.17, 15) is 4.79 Å². The predicted molar refractivity (Wildman–Crippen MR) is 41.1 cm³/mol. The van der Waals surface area contributed by atoms with Gasteiger partial charge in [-0.3, -0.25) is 4.90 Å². The van der Waals surface area contributed by atoms with Crippen LogP contribution in [0.3, 0.4) is 0 Å². The Morgan fingerprint density at radius 1 is 1.91 bits per heavy atom. The summed E-state index contributed by atoms with van der Waals surface area (Å²) >= 11 is 0. The van der Waals surface area contributed by atoms with Crippen LogP contribution in [0.25, 0.3) is 0 Å². The molecular weight excluding hydrogens is 144 g/mol. The Bertz CT molecular complexity index is 170. The number of nitrogens with two attached hydrogens (primary N) is 1. The van der Waals surface area contributed by atoms with Gasteiger partial charge in [-0.25, -0.2) is 4.79 Å². The lowest BCUT2D eigenvalue weighted by molar-refractivity contribution is 0.160. The molecule has 1 unspecified atom stereocenters. The van der Waals surface area contributed by atoms with Crippen molar-refractivity contribution in [3.8, 4) is 0 Å². The van der Waals surface area contributed by atoms with E-state index in [1.165, 1.54) is 0 Å². The maximum atomic E-state index is 10.9. The van der Waals surface area contributed by atoms with E-state index >= 15 is 0 Å². The fourth-order valence-corrected chi connectivity index (χ4v) is 1.05. The van der Waals surface area contributed by atoms with Crippen LogP contribution in [0.1, 0.15) is 0 Å². The molecule has 1 atom stereocenters. The molecule has 4 heteroatoms. The van der Waals surface area contributed by atoms with Crippen LogP contribution in [0.2, 0.25) is 0 Å². The first kappa shape index (κ1) is 8.07. The molecule has 0 aromatic rings. The van der Waals surface area contributed by atoms with E-state index in [-0.39, 0.29) is 12.1 Å². The van der Waals surface area contributed by atoms with Gasteiger partial charge >= 0.3 is 6.09 Å². The second-order valence-corrected chi connectivity index (χ2v) is 2.41. The standard InChI is InChI=1S/C7H12N2O2/c1-2-3-9-6(4-8)5-11-7(9)10/h2,6H,1,3-5,8H2. The predicted octanol–water partition coefficient (Wildman–Crippen LogP) is -0.0481. The molecule has 1 aliphatic rings. The smallest absolute Gasteiger partial charge is 0.410 e. The Labute approximate surface area is 65.6 Å². The molecule has 0 radical (unpaired) electrons. The van der Waals surface area contributed by atoms with Crippen LogP contribution in [-0.2, 0) is 4.74 Å². The fourth-order valence-electron chi connectivity index (χ4n) is 1.05. The van der Waals surface area contributed by atoms with Gasteiger partial charge < -0.3 is 10.5 Å². The Morgan fingerprint density at radius 2 is 2.64 bits per heavy atom. The molecule has 1 fully saturated rings. The minimum atomic E-state index is -0.291. The first-order valence-electron chi connectivity index (χ1n) is 3.54. The molecule has 11 heavy (non-hydrogen) atoms. The highest BCUT2D eigenvalue weighted by Crippen LogP contribution is 2.10. The average molecular weight is 156 g/mol. The normalized spacial score (nSPS) is 23.5. The Kier molecular flexibility index (Phi) is 2.48. The van der Waals surface area contributed by atoms with Gasteiger partial charge in [-0.2, -0.15) is 0 Å². The van der Waals surface area contributed by atoms with E-state index in [4.69, 9.17) is 10.5 Å². The third kappa shape index (κ3) is 1.51. The Balaban J connectivity index is 2.55. The van der Waals surface area contributed by atoms with Crippen LogP contribution in [-0.4, -0.2) is 36.7 Å². The summed E-state index contributed by atoms with van der Waals surface area (Å²) in [7, 11) is 0. The van der Waals surface area contributed by atoms with Gasteiger partial charge in [0.15, 0.2) is 0 Å². The summed E-state index contributed by atoms with van der Waals surface area (Å²) in [4.78, 5) is 12.5. The van der Waals surface area contributed by atoms with Crippen molar-refractivity contribution in [2.75, 3.05) is 19.7 Å². The van der Waals surface area contributed by atoms with Gasteiger partial charge in [-0.05, 0) is 0 Å². The third-order valence-electron chi connectivity index (χ3n) is 1.67. The van der Waals surface area contributed by atoms with Crippen LogP contribution in [0, 0.1) is 0 Å². The largest absolute Gasteiger partial charge is 0.447 e. The van der Waals surface area contributed by atoms with Crippen molar-refractivity contribution < 1.29 is 9.53 Å². The summed E-state index contributed by atoms with van der Waals surface area (Å²) in [6.07, 6.45) is 1.37. The van der Waals surface area contributed by atoms with E-state index in [1.807, 2.05) is 0 Å². The van der Waals surface area contributed by atoms with Crippen LogP contribution < -0.4 is 5.73 Å². The molecule has 62 valence electrons. The van der Waals surface area contributed by atoms with Crippen LogP contribution in [0.5, 0.6) is 0 Å². The maximum absolute atomic E-state index is 10.9. The van der Waals surface area contributed by atoms with Gasteiger partial charge in [-0.1, -0.05) is 6.08 Å². The summed E-state index contributed by atoms with van der Waals surface area (Å²) in [5.74, 6) is 0. The zero-order chi connectivity index (χ0) is 8.27. The van der Waals surface area contributed by atoms with Gasteiger partial charge in [0.05, 0.1) is 6.04 Å². The minimum absolute atomic E-state index is 0.0282. The molecule has 0 bridgehead atoms. The minimum Gasteiger partial charge on any atom is -0.447 e. The van der Waals surface area contributed by atoms with E-state index in [0.29, 0.717) is 19.7 Å². The second kappa shape index (κ2) is 3.39. The SMILES string of the molecule is C=CCN1C(=O)OCC1CN. The van der Waals surface area contributed by atoms with Gasteiger partial charge in [0.2, 0.25) is 0 Å². The molecule has 0 aromatic heterocycles. The molecule has 0 spiro atoms. The molecule has 1 aliphatic heterocycles. The number of ether oxygens (including phenoxy) is 1. The number of cyclic esters (lactones) is 1. The lowest BCUT2D eigenvalue weighted by Crippen LogP contribution is -2.38. The summed E-state index contributed by atoms with van der Waals surface area (Å²) in [6, 6.07) is 0.0282. The highest BCUT2D eigenvalue weighted by molar-refractivity contribution is 5.70. The lowest BCUT2D eigenvalue weighted by Gasteiger charge is -2.17. The van der Waals surface area contributed by atoms with Crippen molar-refractivity contribution in [3.05, 3.63) is 12.7 Å².